The van der Waals surface area contributed by atoms with Crippen molar-refractivity contribution in [1.29, 1.82) is 0 Å². The van der Waals surface area contributed by atoms with Crippen molar-refractivity contribution < 1.29 is 35.2 Å². The first-order valence-electron chi connectivity index (χ1n) is 0.289. The van der Waals surface area contributed by atoms with Crippen LogP contribution in [0.5, 0.6) is 0 Å². The smallest absolute Gasteiger partial charge is 2.00 e. The zero-order valence-corrected chi connectivity index (χ0v) is 4.02. The van der Waals surface area contributed by atoms with Crippen LogP contribution in [-0.2, 0) is 35.2 Å². The minimum absolute atomic E-state index is 0. The SMILES string of the molecule is C=O.[O-2].[O-2].[Ru+4]. The van der Waals surface area contributed by atoms with Crippen molar-refractivity contribution in [2.45, 2.75) is 0 Å². The van der Waals surface area contributed by atoms with Crippen molar-refractivity contribution in [3.63, 3.8) is 0 Å². The molecule has 0 aliphatic carbocycles. The van der Waals surface area contributed by atoms with E-state index in [-0.39, 0.29) is 30.4 Å². The zero-order chi connectivity index (χ0) is 2.00. The Morgan fingerprint density at radius 3 is 1.00 bits per heavy atom. The Morgan fingerprint density at radius 1 is 1.00 bits per heavy atom. The summed E-state index contributed by atoms with van der Waals surface area (Å²) in [5, 5.41) is 0. The van der Waals surface area contributed by atoms with Gasteiger partial charge in [-0.3, -0.25) is 0 Å². The third kappa shape index (κ3) is 453. The van der Waals surface area contributed by atoms with Crippen LogP contribution in [0.1, 0.15) is 0 Å². The molecule has 0 aromatic heterocycles. The number of carbonyl (C=O) groups is 1. The molecule has 0 atom stereocenters. The fourth-order valence-electron chi connectivity index (χ4n) is 0. The average molecular weight is 163 g/mol. The van der Waals surface area contributed by atoms with E-state index in [1.54, 1.807) is 0 Å². The summed E-state index contributed by atoms with van der Waals surface area (Å²) < 4.78 is 0. The third-order valence-corrected chi connectivity index (χ3v) is 0. The maximum atomic E-state index is 8.00. The van der Waals surface area contributed by atoms with E-state index in [4.69, 9.17) is 4.79 Å². The molecule has 0 saturated carbocycles. The molecular weight excluding hydrogens is 161 g/mol. The van der Waals surface area contributed by atoms with Crippen LogP contribution >= 0.6 is 0 Å². The fraction of sp³-hybridized carbons (Fsp3) is 0. The topological polar surface area (TPSA) is 74.1 Å². The van der Waals surface area contributed by atoms with E-state index in [1.165, 1.54) is 0 Å². The Balaban J connectivity index is -0.00000000167. The predicted molar refractivity (Wildman–Crippen MR) is 8.49 cm³/mol. The van der Waals surface area contributed by atoms with E-state index >= 15 is 0 Å². The minimum Gasteiger partial charge on any atom is -2.00 e. The molecule has 4 heteroatoms. The van der Waals surface area contributed by atoms with Crippen molar-refractivity contribution in [2.24, 2.45) is 0 Å². The Bertz CT molecular complexity index is 6.85. The third-order valence-electron chi connectivity index (χ3n) is 0. The summed E-state index contributed by atoms with van der Waals surface area (Å²) in [7, 11) is 0. The monoisotopic (exact) mass is 164 g/mol. The van der Waals surface area contributed by atoms with Crippen molar-refractivity contribution in [1.82, 2.24) is 0 Å². The quantitative estimate of drug-likeness (QED) is 0.446. The fourth-order valence-corrected chi connectivity index (χ4v) is 0. The summed E-state index contributed by atoms with van der Waals surface area (Å²) in [6.07, 6.45) is 0. The van der Waals surface area contributed by atoms with E-state index in [9.17, 15) is 0 Å². The molecule has 32 valence electrons. The molecule has 0 aliphatic rings. The number of rotatable bonds is 0. The summed E-state index contributed by atoms with van der Waals surface area (Å²) in [5.41, 5.74) is 0. The van der Waals surface area contributed by atoms with E-state index in [0.29, 0.717) is 0 Å². The summed E-state index contributed by atoms with van der Waals surface area (Å²) in [5.74, 6) is 0. The first-order valence-corrected chi connectivity index (χ1v) is 0.289. The first-order chi connectivity index (χ1) is 1.00. The molecule has 3 nitrogen and oxygen atoms in total. The first kappa shape index (κ1) is 62.9. The van der Waals surface area contributed by atoms with Gasteiger partial charge in [-0.15, -0.1) is 0 Å². The maximum absolute atomic E-state index is 8.00. The van der Waals surface area contributed by atoms with E-state index in [1.807, 2.05) is 6.79 Å². The van der Waals surface area contributed by atoms with Gasteiger partial charge in [0.1, 0.15) is 6.79 Å². The Kier molecular flexibility index (Phi) is 12000. The minimum atomic E-state index is 0. The van der Waals surface area contributed by atoms with Crippen molar-refractivity contribution in [3.05, 3.63) is 0 Å². The van der Waals surface area contributed by atoms with Crippen molar-refractivity contribution >= 4 is 6.79 Å². The molecular formula is CH2O3Ru. The molecule has 0 aliphatic heterocycles. The molecule has 0 aromatic rings. The number of hydrogen-bond donors (Lipinski definition) is 0. The average Bonchev–Trinajstić information content (AvgIpc) is 1.00. The summed E-state index contributed by atoms with van der Waals surface area (Å²) in [4.78, 5) is 8.00. The molecule has 0 rings (SSSR count). The van der Waals surface area contributed by atoms with Gasteiger partial charge in [-0.05, 0) is 0 Å². The molecule has 0 heterocycles. The summed E-state index contributed by atoms with van der Waals surface area (Å²) in [6.45, 7) is 2.00. The normalized spacial score (nSPS) is 0.800. The van der Waals surface area contributed by atoms with Crippen LogP contribution in [-0.4, -0.2) is 6.79 Å². The van der Waals surface area contributed by atoms with Crippen LogP contribution < -0.4 is 0 Å². The van der Waals surface area contributed by atoms with Crippen LogP contribution in [0.25, 0.3) is 0 Å². The van der Waals surface area contributed by atoms with Crippen LogP contribution in [0, 0.1) is 0 Å². The largest absolute Gasteiger partial charge is 4.00 e. The molecule has 5 heavy (non-hydrogen) atoms. The zero-order valence-electron chi connectivity index (χ0n) is 2.29. The van der Waals surface area contributed by atoms with Crippen molar-refractivity contribution in [3.8, 4) is 0 Å². The van der Waals surface area contributed by atoms with Gasteiger partial charge in [0, 0.05) is 0 Å². The number of hydrogen-bond acceptors (Lipinski definition) is 1. The van der Waals surface area contributed by atoms with E-state index in [0.717, 1.165) is 0 Å². The van der Waals surface area contributed by atoms with Gasteiger partial charge in [0.2, 0.25) is 0 Å². The molecule has 0 unspecified atom stereocenters. The Morgan fingerprint density at radius 2 is 1.00 bits per heavy atom. The molecule has 0 N–H and O–H groups in total. The van der Waals surface area contributed by atoms with E-state index in [2.05, 4.69) is 0 Å². The Labute approximate surface area is 42.7 Å². The van der Waals surface area contributed by atoms with Gasteiger partial charge in [-0.2, -0.15) is 0 Å². The Hall–Kier alpha value is 0.213. The molecule has 0 aromatic carbocycles. The van der Waals surface area contributed by atoms with Gasteiger partial charge < -0.3 is 15.7 Å². The molecule has 0 saturated heterocycles. The molecule has 0 amide bonds. The van der Waals surface area contributed by atoms with Crippen LogP contribution in [0.3, 0.4) is 0 Å². The number of carbonyl (C=O) groups excluding carboxylic acids is 1. The van der Waals surface area contributed by atoms with Gasteiger partial charge in [-0.25, -0.2) is 0 Å². The van der Waals surface area contributed by atoms with Gasteiger partial charge >= 0.3 is 19.5 Å². The van der Waals surface area contributed by atoms with E-state index < -0.39 is 0 Å². The molecule has 0 fully saturated rings. The standard InChI is InChI=1S/CH2O.2O.Ru/c1-2;;;/h1H2;;;/q;2*-2;+4. The summed E-state index contributed by atoms with van der Waals surface area (Å²) in [6, 6.07) is 0. The van der Waals surface area contributed by atoms with Gasteiger partial charge in [0.15, 0.2) is 0 Å². The van der Waals surface area contributed by atoms with Gasteiger partial charge in [0.25, 0.3) is 0 Å². The maximum Gasteiger partial charge on any atom is 4.00 e. The van der Waals surface area contributed by atoms with Crippen molar-refractivity contribution in [2.75, 3.05) is 0 Å². The van der Waals surface area contributed by atoms with Gasteiger partial charge in [-0.1, -0.05) is 0 Å². The van der Waals surface area contributed by atoms with Gasteiger partial charge in [0.05, 0.1) is 0 Å². The predicted octanol–water partition coefficient (Wildman–Crippen LogP) is -0.425. The molecule has 0 spiro atoms. The van der Waals surface area contributed by atoms with Crippen LogP contribution in [0.4, 0.5) is 0 Å². The summed E-state index contributed by atoms with van der Waals surface area (Å²) >= 11 is 0. The van der Waals surface area contributed by atoms with Crippen LogP contribution in [0.2, 0.25) is 0 Å². The second-order valence-electron chi connectivity index (χ2n) is 0. The second kappa shape index (κ2) is 956. The molecule has 0 radical (unpaired) electrons. The van der Waals surface area contributed by atoms with Crippen LogP contribution in [0.15, 0.2) is 0 Å². The second-order valence-corrected chi connectivity index (χ2v) is 0. The molecule has 0 bridgehead atoms.